The van der Waals surface area contributed by atoms with Crippen LogP contribution in [0.4, 0.5) is 11.5 Å². The molecule has 7 heteroatoms. The number of ether oxygens (including phenoxy) is 2. The lowest BCUT2D eigenvalue weighted by Crippen LogP contribution is -2.37. The first-order valence-corrected chi connectivity index (χ1v) is 8.79. The van der Waals surface area contributed by atoms with E-state index in [1.54, 1.807) is 32.0 Å². The van der Waals surface area contributed by atoms with E-state index in [0.29, 0.717) is 22.6 Å². The van der Waals surface area contributed by atoms with Crippen LogP contribution in [-0.4, -0.2) is 36.9 Å². The van der Waals surface area contributed by atoms with E-state index >= 15 is 0 Å². The highest BCUT2D eigenvalue weighted by atomic mass is 16.5. The van der Waals surface area contributed by atoms with E-state index in [0.717, 1.165) is 41.8 Å². The van der Waals surface area contributed by atoms with Crippen LogP contribution in [-0.2, 0) is 7.05 Å². The summed E-state index contributed by atoms with van der Waals surface area (Å²) >= 11 is 0. The van der Waals surface area contributed by atoms with Gasteiger partial charge in [0.1, 0.15) is 23.0 Å². The smallest absolute Gasteiger partial charge is 0.259 e. The molecule has 1 fully saturated rings. The predicted molar refractivity (Wildman–Crippen MR) is 107 cm³/mol. The Labute approximate surface area is 156 Å². The van der Waals surface area contributed by atoms with Crippen molar-refractivity contribution in [2.24, 2.45) is 7.05 Å². The maximum absolute atomic E-state index is 12.6. The van der Waals surface area contributed by atoms with Gasteiger partial charge in [0.2, 0.25) is 0 Å². The fourth-order valence-corrected chi connectivity index (χ4v) is 3.39. The van der Waals surface area contributed by atoms with E-state index in [9.17, 15) is 4.79 Å². The summed E-state index contributed by atoms with van der Waals surface area (Å²) in [5.74, 6) is 1.95. The van der Waals surface area contributed by atoms with Gasteiger partial charge < -0.3 is 24.7 Å². The molecule has 1 aromatic carbocycles. The zero-order valence-electron chi connectivity index (χ0n) is 15.7. The van der Waals surface area contributed by atoms with E-state index in [-0.39, 0.29) is 5.56 Å². The molecule has 0 bridgehead atoms. The second-order valence-electron chi connectivity index (χ2n) is 6.68. The molecule has 7 nitrogen and oxygen atoms in total. The quantitative estimate of drug-likeness (QED) is 0.714. The van der Waals surface area contributed by atoms with Gasteiger partial charge in [-0.3, -0.25) is 4.79 Å². The number of methoxy groups -OCH3 is 2. The SMILES string of the molecule is COc1cc(-c2cn(C)c(=O)c3cnc(N4CCC4)cc23)cc(OC)c1N. The zero-order chi connectivity index (χ0) is 19.1. The average molecular weight is 366 g/mol. The van der Waals surface area contributed by atoms with Gasteiger partial charge in [-0.25, -0.2) is 4.98 Å². The molecule has 0 radical (unpaired) electrons. The molecule has 2 aromatic heterocycles. The maximum Gasteiger partial charge on any atom is 0.259 e. The second kappa shape index (κ2) is 6.50. The van der Waals surface area contributed by atoms with Crippen LogP contribution in [0, 0.1) is 0 Å². The third-order valence-electron chi connectivity index (χ3n) is 5.09. The van der Waals surface area contributed by atoms with Crippen molar-refractivity contribution in [1.82, 2.24) is 9.55 Å². The number of fused-ring (bicyclic) bond motifs is 1. The molecule has 0 atom stereocenters. The van der Waals surface area contributed by atoms with Crippen LogP contribution >= 0.6 is 0 Å². The lowest BCUT2D eigenvalue weighted by Gasteiger charge is -2.32. The summed E-state index contributed by atoms with van der Waals surface area (Å²) in [5.41, 5.74) is 8.21. The summed E-state index contributed by atoms with van der Waals surface area (Å²) in [5, 5.41) is 1.43. The molecule has 27 heavy (non-hydrogen) atoms. The van der Waals surface area contributed by atoms with Gasteiger partial charge in [-0.05, 0) is 30.2 Å². The number of hydrogen-bond donors (Lipinski definition) is 1. The van der Waals surface area contributed by atoms with Crippen LogP contribution < -0.4 is 25.7 Å². The van der Waals surface area contributed by atoms with Crippen molar-refractivity contribution in [1.29, 1.82) is 0 Å². The van der Waals surface area contributed by atoms with Crippen LogP contribution in [0.5, 0.6) is 11.5 Å². The minimum absolute atomic E-state index is 0.0780. The second-order valence-corrected chi connectivity index (χ2v) is 6.68. The van der Waals surface area contributed by atoms with Crippen LogP contribution in [0.2, 0.25) is 0 Å². The summed E-state index contributed by atoms with van der Waals surface area (Å²) in [4.78, 5) is 19.3. The molecule has 0 amide bonds. The molecule has 2 N–H and O–H groups in total. The van der Waals surface area contributed by atoms with Gasteiger partial charge in [0.15, 0.2) is 0 Å². The molecule has 4 rings (SSSR count). The van der Waals surface area contributed by atoms with Crippen molar-refractivity contribution in [3.8, 4) is 22.6 Å². The number of benzene rings is 1. The molecular formula is C20H22N4O3. The number of nitrogen functional groups attached to an aromatic ring is 1. The summed E-state index contributed by atoms with van der Waals surface area (Å²) < 4.78 is 12.4. The molecule has 0 spiro atoms. The summed E-state index contributed by atoms with van der Waals surface area (Å²) in [6.45, 7) is 1.98. The molecule has 1 saturated heterocycles. The molecule has 1 aliphatic heterocycles. The van der Waals surface area contributed by atoms with Crippen LogP contribution in [0.3, 0.4) is 0 Å². The standard InChI is InChI=1S/C20H22N4O3/c1-23-11-15(12-7-16(26-2)19(21)17(8-12)27-3)13-9-18(24-5-4-6-24)22-10-14(13)20(23)25/h7-11H,4-6,21H2,1-3H3. The molecule has 0 saturated carbocycles. The van der Waals surface area contributed by atoms with Gasteiger partial charge in [0, 0.05) is 43.5 Å². The Bertz CT molecular complexity index is 1060. The lowest BCUT2D eigenvalue weighted by molar-refractivity contribution is 0.399. The molecule has 3 aromatic rings. The van der Waals surface area contributed by atoms with Gasteiger partial charge in [0.05, 0.1) is 19.6 Å². The Balaban J connectivity index is 2.00. The molecular weight excluding hydrogens is 344 g/mol. The average Bonchev–Trinajstić information content (AvgIpc) is 2.63. The fraction of sp³-hybridized carbons (Fsp3) is 0.300. The Morgan fingerprint density at radius 2 is 1.74 bits per heavy atom. The lowest BCUT2D eigenvalue weighted by atomic mass is 10.00. The topological polar surface area (TPSA) is 82.6 Å². The summed E-state index contributed by atoms with van der Waals surface area (Å²) in [7, 11) is 4.87. The number of aromatic nitrogens is 2. The maximum atomic E-state index is 12.6. The van der Waals surface area contributed by atoms with Gasteiger partial charge in [0.25, 0.3) is 5.56 Å². The molecule has 1 aliphatic rings. The first kappa shape index (κ1) is 17.2. The van der Waals surface area contributed by atoms with Gasteiger partial charge in [-0.15, -0.1) is 0 Å². The van der Waals surface area contributed by atoms with E-state index < -0.39 is 0 Å². The fourth-order valence-electron chi connectivity index (χ4n) is 3.39. The highest BCUT2D eigenvalue weighted by Gasteiger charge is 2.19. The normalized spacial score (nSPS) is 13.5. The Morgan fingerprint density at radius 1 is 1.07 bits per heavy atom. The number of pyridine rings is 2. The van der Waals surface area contributed by atoms with Crippen molar-refractivity contribution >= 4 is 22.3 Å². The molecule has 3 heterocycles. The van der Waals surface area contributed by atoms with Gasteiger partial charge in [-0.2, -0.15) is 0 Å². The van der Waals surface area contributed by atoms with Crippen LogP contribution in [0.25, 0.3) is 21.9 Å². The van der Waals surface area contributed by atoms with Crippen molar-refractivity contribution < 1.29 is 9.47 Å². The van der Waals surface area contributed by atoms with E-state index in [2.05, 4.69) is 9.88 Å². The van der Waals surface area contributed by atoms with Crippen molar-refractivity contribution in [2.75, 3.05) is 37.9 Å². The Morgan fingerprint density at radius 3 is 2.30 bits per heavy atom. The number of nitrogens with zero attached hydrogens (tertiary/aromatic N) is 3. The predicted octanol–water partition coefficient (Wildman–Crippen LogP) is 2.41. The van der Waals surface area contributed by atoms with Crippen LogP contribution in [0.15, 0.2) is 35.4 Å². The number of nitrogens with two attached hydrogens (primary N) is 1. The van der Waals surface area contributed by atoms with Crippen molar-refractivity contribution in [2.45, 2.75) is 6.42 Å². The summed E-state index contributed by atoms with van der Waals surface area (Å²) in [6.07, 6.45) is 4.66. The summed E-state index contributed by atoms with van der Waals surface area (Å²) in [6, 6.07) is 5.71. The van der Waals surface area contributed by atoms with E-state index in [4.69, 9.17) is 15.2 Å². The molecule has 0 unspecified atom stereocenters. The number of rotatable bonds is 4. The van der Waals surface area contributed by atoms with Crippen molar-refractivity contribution in [3.63, 3.8) is 0 Å². The first-order chi connectivity index (χ1) is 13.0. The highest BCUT2D eigenvalue weighted by molar-refractivity contribution is 5.97. The highest BCUT2D eigenvalue weighted by Crippen LogP contribution is 2.39. The monoisotopic (exact) mass is 366 g/mol. The molecule has 0 aliphatic carbocycles. The van der Waals surface area contributed by atoms with E-state index in [1.807, 2.05) is 24.4 Å². The largest absolute Gasteiger partial charge is 0.494 e. The van der Waals surface area contributed by atoms with Gasteiger partial charge in [-0.1, -0.05) is 0 Å². The number of hydrogen-bond acceptors (Lipinski definition) is 6. The molecule has 140 valence electrons. The Kier molecular flexibility index (Phi) is 4.14. The van der Waals surface area contributed by atoms with Gasteiger partial charge >= 0.3 is 0 Å². The minimum atomic E-state index is -0.0780. The third kappa shape index (κ3) is 2.75. The Hall–Kier alpha value is -3.22. The third-order valence-corrected chi connectivity index (χ3v) is 5.09. The number of anilines is 2. The number of aryl methyl sites for hydroxylation is 1. The van der Waals surface area contributed by atoms with E-state index in [1.165, 1.54) is 0 Å². The van der Waals surface area contributed by atoms with Crippen LogP contribution in [0.1, 0.15) is 6.42 Å². The zero-order valence-corrected chi connectivity index (χ0v) is 15.7. The minimum Gasteiger partial charge on any atom is -0.494 e. The first-order valence-electron chi connectivity index (χ1n) is 8.79. The van der Waals surface area contributed by atoms with Crippen molar-refractivity contribution in [3.05, 3.63) is 40.9 Å².